The largest absolute Gasteiger partial charge is 0.507 e. The molecular formula is C61H55BrN12O11S6. The van der Waals surface area contributed by atoms with Crippen molar-refractivity contribution in [2.24, 2.45) is 17.6 Å². The minimum Gasteiger partial charge on any atom is -0.507 e. The number of aliphatic hydroxyl groups excluding tert-OH is 2. The number of nitrogens with zero attached hydrogens (tertiary/aromatic N) is 8. The molecule has 2 aliphatic heterocycles. The number of benzene rings is 2. The summed E-state index contributed by atoms with van der Waals surface area (Å²) in [6.45, 7) is 3.38. The van der Waals surface area contributed by atoms with E-state index in [2.05, 4.69) is 36.9 Å². The van der Waals surface area contributed by atoms with Gasteiger partial charge in [0.25, 0.3) is 17.7 Å². The molecule has 5 amide bonds. The smallest absolute Gasteiger partial charge is 0.306 e. The number of phenolic OH excluding ortho intramolecular Hbond substituents is 1. The number of amides is 5. The van der Waals surface area contributed by atoms with Gasteiger partial charge in [0.15, 0.2) is 5.78 Å². The average molecular weight is 1400 g/mol. The second kappa shape index (κ2) is 26.7. The number of Topliss-reactive ketones (excluding diaryl/α,β-unsaturated/α-hetero) is 1. The molecule has 10 bridgehead atoms. The lowest BCUT2D eigenvalue weighted by Crippen LogP contribution is -2.50. The molecule has 30 heteroatoms. The number of pyridine rings is 1. The highest BCUT2D eigenvalue weighted by Gasteiger charge is 2.46. The Kier molecular flexibility index (Phi) is 18.6. The lowest BCUT2D eigenvalue weighted by molar-refractivity contribution is -0.143. The lowest BCUT2D eigenvalue weighted by Gasteiger charge is -2.29. The van der Waals surface area contributed by atoms with Gasteiger partial charge in [0.2, 0.25) is 11.8 Å². The van der Waals surface area contributed by atoms with Crippen LogP contribution in [-0.2, 0) is 20.8 Å². The van der Waals surface area contributed by atoms with Crippen molar-refractivity contribution in [2.75, 3.05) is 6.54 Å². The fraction of sp³-hybridized carbons (Fsp3) is 0.311. The zero-order valence-electron chi connectivity index (χ0n) is 48.1. The number of aromatic nitrogens is 7. The molecule has 0 radical (unpaired) electrons. The number of primary amides is 1. The highest BCUT2D eigenvalue weighted by atomic mass is 79.9. The number of rotatable bonds is 10. The number of hydrogen-bond donors (Lipinski definition) is 8. The fourth-order valence-electron chi connectivity index (χ4n) is 11.3. The predicted octanol–water partition coefficient (Wildman–Crippen LogP) is 9.31. The van der Waals surface area contributed by atoms with Crippen molar-refractivity contribution in [1.82, 2.24) is 55.7 Å². The number of hydrogen-bond acceptors (Lipinski definition) is 23. The van der Waals surface area contributed by atoms with Gasteiger partial charge in [0.05, 0.1) is 51.8 Å². The first-order valence-corrected chi connectivity index (χ1v) is 34.7. The van der Waals surface area contributed by atoms with E-state index in [4.69, 9.17) is 35.6 Å². The number of aliphatic hydroxyl groups is 2. The number of fused-ring (bicyclic) bond motifs is 16. The molecule has 468 valence electrons. The Morgan fingerprint density at radius 3 is 2.14 bits per heavy atom. The molecule has 1 aliphatic carbocycles. The van der Waals surface area contributed by atoms with Crippen LogP contribution in [-0.4, -0.2) is 126 Å². The van der Waals surface area contributed by atoms with Crippen molar-refractivity contribution in [1.29, 1.82) is 0 Å². The first-order valence-electron chi connectivity index (χ1n) is 28.7. The first kappa shape index (κ1) is 63.2. The van der Waals surface area contributed by atoms with Crippen LogP contribution in [0.25, 0.3) is 43.4 Å². The summed E-state index contributed by atoms with van der Waals surface area (Å²) in [5.74, 6) is -6.52. The summed E-state index contributed by atoms with van der Waals surface area (Å²) in [5, 5.41) is 62.7. The molecule has 1 saturated carbocycles. The van der Waals surface area contributed by atoms with Crippen LogP contribution in [0.5, 0.6) is 5.75 Å². The number of halogens is 1. The van der Waals surface area contributed by atoms with Gasteiger partial charge in [-0.3, -0.25) is 33.6 Å². The Morgan fingerprint density at radius 2 is 1.40 bits per heavy atom. The summed E-state index contributed by atoms with van der Waals surface area (Å²) in [6, 6.07) is 13.5. The van der Waals surface area contributed by atoms with Crippen LogP contribution in [0.15, 0.2) is 92.0 Å². The molecule has 0 spiro atoms. The maximum Gasteiger partial charge on any atom is 0.306 e. The minimum absolute atomic E-state index is 0.0155. The number of thiazole rings is 6. The van der Waals surface area contributed by atoms with Gasteiger partial charge in [-0.2, -0.15) is 0 Å². The van der Waals surface area contributed by atoms with Crippen molar-refractivity contribution < 1.29 is 54.0 Å². The van der Waals surface area contributed by atoms with Crippen LogP contribution in [0.1, 0.15) is 143 Å². The number of phenols is 1. The molecule has 3 aliphatic rings. The normalized spacial score (nSPS) is 21.7. The second-order valence-electron chi connectivity index (χ2n) is 22.3. The van der Waals surface area contributed by atoms with Crippen LogP contribution < -0.4 is 21.7 Å². The van der Waals surface area contributed by atoms with Gasteiger partial charge >= 0.3 is 5.97 Å². The van der Waals surface area contributed by atoms with Gasteiger partial charge < -0.3 is 47.0 Å². The van der Waals surface area contributed by atoms with E-state index in [1.165, 1.54) is 50.4 Å². The van der Waals surface area contributed by atoms with Gasteiger partial charge in [-0.1, -0.05) is 43.3 Å². The van der Waals surface area contributed by atoms with Crippen LogP contribution >= 0.6 is 84.0 Å². The third-order valence-electron chi connectivity index (χ3n) is 16.2. The van der Waals surface area contributed by atoms with Crippen LogP contribution in [0.3, 0.4) is 0 Å². The number of ketones is 1. The first-order chi connectivity index (χ1) is 43.7. The minimum atomic E-state index is -1.31. The number of aromatic hydroxyl groups is 1. The van der Waals surface area contributed by atoms with Crippen LogP contribution in [0, 0.1) is 18.8 Å². The fourth-order valence-corrected chi connectivity index (χ4v) is 17.2. The molecule has 9 aromatic rings. The monoisotopic (exact) mass is 1400 g/mol. The molecule has 7 aromatic heterocycles. The molecule has 2 fully saturated rings. The molecule has 1 saturated heterocycles. The molecule has 9 heterocycles. The van der Waals surface area contributed by atoms with Crippen molar-refractivity contribution >= 4 is 125 Å². The van der Waals surface area contributed by atoms with Gasteiger partial charge in [-0.25, -0.2) is 34.9 Å². The molecule has 91 heavy (non-hydrogen) atoms. The van der Waals surface area contributed by atoms with E-state index in [0.29, 0.717) is 94.5 Å². The zero-order valence-corrected chi connectivity index (χ0v) is 54.6. The van der Waals surface area contributed by atoms with Gasteiger partial charge in [0.1, 0.15) is 76.7 Å². The standard InChI is InChI=1S/C61H55BrN12O11S6/c1-26-45(77)20-74-49(26)59-72-42(25-90-59)57-68-38(21-88-57)48-32(13-14-35(65-48)56-71-39(24-89-56)51(80)64-31-11-9-30(10-12-31)61(84)85)54-69-40(22-86-54)52(81)66-36(19-46(63)78)58-73-47(27(2)91-58)44(76)18-33(50(79)29-6-4-3-5-7-29)55-70-41(23-87-55)53(82)67-37(60(74)83)17-28-8-15-43(75)34(62)16-28/h3-8,13-16,21-26,30-31,33,36-37,45,49-50,75,77,79H,9-12,17-20H2,1-2H3,(H2,63,78)(H,64,80)(H,66,81)(H,67,82)(H,84,85)/t26-,30?,31?,33-,36-,37-,45-,49-,50+/m0/s1. The quantitative estimate of drug-likeness (QED) is 0.0632. The van der Waals surface area contributed by atoms with Crippen molar-refractivity contribution in [3.8, 4) is 49.1 Å². The molecule has 23 nitrogen and oxygen atoms in total. The number of carboxylic acids is 1. The Bertz CT molecular complexity index is 4290. The second-order valence-corrected chi connectivity index (χ2v) is 28.8. The third kappa shape index (κ3) is 13.5. The van der Waals surface area contributed by atoms with Crippen molar-refractivity contribution in [3.63, 3.8) is 0 Å². The Balaban J connectivity index is 0.934. The van der Waals surface area contributed by atoms with E-state index in [0.717, 1.165) is 34.0 Å². The molecule has 2 aromatic carbocycles. The van der Waals surface area contributed by atoms with E-state index >= 15 is 4.79 Å². The molecule has 9 N–H and O–H groups in total. The number of aliphatic carboxylic acids is 1. The summed E-state index contributed by atoms with van der Waals surface area (Å²) in [5.41, 5.74) is 8.92. The van der Waals surface area contributed by atoms with Gasteiger partial charge in [-0.15, -0.1) is 68.0 Å². The number of nitrogens with two attached hydrogens (primary N) is 1. The SMILES string of the molecule is Cc1sc2nc1C(=O)C[C@@H]([C@H](O)c1ccccc1)c1nc(cs1)C(=O)N[C@@H](Cc1ccc(O)c(Br)c1)C(=O)N1C[C@H](O)[C@H](C)[C@H]1c1nc(cs1)-c1nc(cs1)-c1nc(-c3nc(C(=O)NC4CCC(C(=O)O)CC4)cs3)ccc1-c1nc(cs1)C(=O)N[C@H]2CC(N)=O. The van der Waals surface area contributed by atoms with Crippen LogP contribution in [0.2, 0.25) is 0 Å². The summed E-state index contributed by atoms with van der Waals surface area (Å²) in [6.07, 6.45) is -1.15. The highest BCUT2D eigenvalue weighted by Crippen LogP contribution is 2.44. The van der Waals surface area contributed by atoms with Crippen molar-refractivity contribution in [2.45, 2.75) is 101 Å². The summed E-state index contributed by atoms with van der Waals surface area (Å²) in [4.78, 5) is 133. The number of aryl methyl sites for hydroxylation is 1. The Labute approximate surface area is 551 Å². The highest BCUT2D eigenvalue weighted by molar-refractivity contribution is 9.10. The zero-order chi connectivity index (χ0) is 63.9. The average Bonchev–Trinajstić information content (AvgIpc) is 1.70. The molecule has 12 rings (SSSR count). The summed E-state index contributed by atoms with van der Waals surface area (Å²) in [7, 11) is 0. The summed E-state index contributed by atoms with van der Waals surface area (Å²) < 4.78 is 0.357. The topological polar surface area (TPSA) is 356 Å². The Hall–Kier alpha value is -7.94. The number of nitrogens with one attached hydrogen (secondary N) is 3. The van der Waals surface area contributed by atoms with E-state index in [1.54, 1.807) is 83.0 Å². The van der Waals surface area contributed by atoms with Gasteiger partial charge in [-0.05, 0) is 83.9 Å². The van der Waals surface area contributed by atoms with E-state index < -0.39 is 95.8 Å². The van der Waals surface area contributed by atoms with Crippen LogP contribution in [0.4, 0.5) is 0 Å². The number of carbonyl (C=O) groups is 7. The Morgan fingerprint density at radius 1 is 0.736 bits per heavy atom. The predicted molar refractivity (Wildman–Crippen MR) is 346 cm³/mol. The molecule has 0 unspecified atom stereocenters. The van der Waals surface area contributed by atoms with Crippen molar-refractivity contribution in [3.05, 3.63) is 146 Å². The maximum absolute atomic E-state index is 15.3. The number of carboxylic acid groups (broad SMARTS) is 1. The van der Waals surface area contributed by atoms with E-state index in [1.807, 2.05) is 6.92 Å². The number of carbonyl (C=O) groups excluding carboxylic acids is 6. The van der Waals surface area contributed by atoms with Gasteiger partial charge in [0, 0.05) is 74.6 Å². The maximum atomic E-state index is 15.3. The molecule has 7 atom stereocenters. The molecular weight excluding hydrogens is 1350 g/mol. The summed E-state index contributed by atoms with van der Waals surface area (Å²) >= 11 is 10.4. The van der Waals surface area contributed by atoms with E-state index in [-0.39, 0.29) is 64.0 Å². The lowest BCUT2D eigenvalue weighted by atomic mass is 9.86. The third-order valence-corrected chi connectivity index (χ3v) is 22.4. The van der Waals surface area contributed by atoms with E-state index in [9.17, 15) is 49.2 Å².